The number of aliphatic carboxylic acids is 1. The Hall–Kier alpha value is -1.12. The van der Waals surface area contributed by atoms with E-state index in [1.54, 1.807) is 0 Å². The van der Waals surface area contributed by atoms with Crippen LogP contribution in [-0.2, 0) is 9.59 Å². The Labute approximate surface area is 97.5 Å². The zero-order valence-electron chi connectivity index (χ0n) is 10.8. The Morgan fingerprint density at radius 2 is 1.81 bits per heavy atom. The van der Waals surface area contributed by atoms with Gasteiger partial charge in [-0.25, -0.2) is 4.79 Å². The van der Waals surface area contributed by atoms with Crippen molar-refractivity contribution < 1.29 is 14.7 Å². The second kappa shape index (κ2) is 5.83. The number of carboxylic acids is 1. The van der Waals surface area contributed by atoms with E-state index in [0.29, 0.717) is 12.7 Å². The third kappa shape index (κ3) is 5.10. The summed E-state index contributed by atoms with van der Waals surface area (Å²) in [6, 6.07) is 0. The monoisotopic (exact) mass is 226 g/mol. The van der Waals surface area contributed by atoms with Gasteiger partial charge in [0.1, 0.15) is 6.29 Å². The lowest BCUT2D eigenvalue weighted by Crippen LogP contribution is -2.15. The summed E-state index contributed by atoms with van der Waals surface area (Å²) in [5.41, 5.74) is 1.18. The SMILES string of the molecule is CC(C)C(CC(C)(C)C)=C(CC=O)C(=O)O. The summed E-state index contributed by atoms with van der Waals surface area (Å²) < 4.78 is 0. The van der Waals surface area contributed by atoms with Crippen molar-refractivity contribution in [1.29, 1.82) is 0 Å². The number of carbonyl (C=O) groups excluding carboxylic acids is 1. The van der Waals surface area contributed by atoms with E-state index < -0.39 is 5.97 Å². The fourth-order valence-corrected chi connectivity index (χ4v) is 1.67. The van der Waals surface area contributed by atoms with Crippen LogP contribution in [0.4, 0.5) is 0 Å². The van der Waals surface area contributed by atoms with E-state index in [2.05, 4.69) is 20.8 Å². The topological polar surface area (TPSA) is 54.4 Å². The van der Waals surface area contributed by atoms with Crippen LogP contribution < -0.4 is 0 Å². The molecule has 0 unspecified atom stereocenters. The van der Waals surface area contributed by atoms with Crippen LogP contribution in [0.3, 0.4) is 0 Å². The van der Waals surface area contributed by atoms with Crippen molar-refractivity contribution >= 4 is 12.3 Å². The van der Waals surface area contributed by atoms with Crippen LogP contribution in [0.25, 0.3) is 0 Å². The summed E-state index contributed by atoms with van der Waals surface area (Å²) in [6.45, 7) is 10.1. The fourth-order valence-electron chi connectivity index (χ4n) is 1.67. The highest BCUT2D eigenvalue weighted by atomic mass is 16.4. The average Bonchev–Trinajstić information content (AvgIpc) is 2.08. The van der Waals surface area contributed by atoms with Gasteiger partial charge in [-0.1, -0.05) is 40.2 Å². The fraction of sp³-hybridized carbons (Fsp3) is 0.692. The van der Waals surface area contributed by atoms with Gasteiger partial charge in [0.05, 0.1) is 0 Å². The third-order valence-electron chi connectivity index (χ3n) is 2.35. The molecule has 0 spiro atoms. The van der Waals surface area contributed by atoms with E-state index in [1.807, 2.05) is 13.8 Å². The van der Waals surface area contributed by atoms with Crippen molar-refractivity contribution in [3.05, 3.63) is 11.1 Å². The first-order valence-corrected chi connectivity index (χ1v) is 5.58. The number of carbonyl (C=O) groups is 2. The van der Waals surface area contributed by atoms with E-state index in [-0.39, 0.29) is 23.3 Å². The van der Waals surface area contributed by atoms with Crippen LogP contribution in [0.1, 0.15) is 47.5 Å². The Kier molecular flexibility index (Phi) is 5.42. The van der Waals surface area contributed by atoms with Gasteiger partial charge in [0, 0.05) is 12.0 Å². The molecule has 0 radical (unpaired) electrons. The van der Waals surface area contributed by atoms with Gasteiger partial charge in [0.15, 0.2) is 0 Å². The van der Waals surface area contributed by atoms with Crippen molar-refractivity contribution in [2.24, 2.45) is 11.3 Å². The molecule has 0 aliphatic heterocycles. The largest absolute Gasteiger partial charge is 0.478 e. The van der Waals surface area contributed by atoms with Crippen LogP contribution in [0, 0.1) is 11.3 Å². The first-order valence-electron chi connectivity index (χ1n) is 5.58. The number of carboxylic acid groups (broad SMARTS) is 1. The van der Waals surface area contributed by atoms with Crippen molar-refractivity contribution in [2.45, 2.75) is 47.5 Å². The summed E-state index contributed by atoms with van der Waals surface area (Å²) in [4.78, 5) is 21.6. The van der Waals surface area contributed by atoms with Crippen LogP contribution in [0.2, 0.25) is 0 Å². The zero-order valence-corrected chi connectivity index (χ0v) is 10.8. The van der Waals surface area contributed by atoms with Gasteiger partial charge in [0.2, 0.25) is 0 Å². The second-order valence-electron chi connectivity index (χ2n) is 5.57. The molecule has 1 N–H and O–H groups in total. The molecule has 0 fully saturated rings. The van der Waals surface area contributed by atoms with Gasteiger partial charge in [-0.15, -0.1) is 0 Å². The number of allylic oxidation sites excluding steroid dienone is 1. The molecular formula is C13H22O3. The Balaban J connectivity index is 5.31. The molecule has 0 heterocycles. The van der Waals surface area contributed by atoms with Gasteiger partial charge in [-0.2, -0.15) is 0 Å². The minimum atomic E-state index is -0.972. The lowest BCUT2D eigenvalue weighted by atomic mass is 9.81. The van der Waals surface area contributed by atoms with Gasteiger partial charge in [0.25, 0.3) is 0 Å². The summed E-state index contributed by atoms with van der Waals surface area (Å²) in [6.07, 6.45) is 1.37. The molecule has 3 heteroatoms. The van der Waals surface area contributed by atoms with Crippen molar-refractivity contribution in [3.63, 3.8) is 0 Å². The first kappa shape index (κ1) is 14.9. The minimum Gasteiger partial charge on any atom is -0.478 e. The van der Waals surface area contributed by atoms with E-state index >= 15 is 0 Å². The summed E-state index contributed by atoms with van der Waals surface area (Å²) in [7, 11) is 0. The molecule has 0 rings (SSSR count). The molecule has 0 saturated carbocycles. The Bertz CT molecular complexity index is 293. The van der Waals surface area contributed by atoms with Crippen molar-refractivity contribution in [3.8, 4) is 0 Å². The van der Waals surface area contributed by atoms with Gasteiger partial charge in [-0.05, 0) is 17.8 Å². The van der Waals surface area contributed by atoms with E-state index in [9.17, 15) is 9.59 Å². The second-order valence-corrected chi connectivity index (χ2v) is 5.57. The van der Waals surface area contributed by atoms with Crippen molar-refractivity contribution in [2.75, 3.05) is 0 Å². The normalized spacial score (nSPS) is 13.6. The molecule has 92 valence electrons. The maximum Gasteiger partial charge on any atom is 0.331 e. The number of rotatable bonds is 5. The molecule has 16 heavy (non-hydrogen) atoms. The standard InChI is InChI=1S/C13H22O3/c1-9(2)11(8-13(3,4)5)10(6-7-14)12(15)16/h7,9H,6,8H2,1-5H3,(H,15,16). The highest BCUT2D eigenvalue weighted by Gasteiger charge is 2.21. The number of hydrogen-bond donors (Lipinski definition) is 1. The molecule has 0 aliphatic rings. The van der Waals surface area contributed by atoms with Crippen LogP contribution in [0.15, 0.2) is 11.1 Å². The molecule has 0 aromatic carbocycles. The number of aldehydes is 1. The van der Waals surface area contributed by atoms with E-state index in [4.69, 9.17) is 5.11 Å². The highest BCUT2D eigenvalue weighted by molar-refractivity contribution is 5.90. The summed E-state index contributed by atoms with van der Waals surface area (Å²) >= 11 is 0. The third-order valence-corrected chi connectivity index (χ3v) is 2.35. The zero-order chi connectivity index (χ0) is 12.9. The number of hydrogen-bond acceptors (Lipinski definition) is 2. The Morgan fingerprint density at radius 1 is 1.31 bits per heavy atom. The molecule has 0 saturated heterocycles. The molecule has 3 nitrogen and oxygen atoms in total. The average molecular weight is 226 g/mol. The molecule has 0 amide bonds. The minimum absolute atomic E-state index is 0.00106. The molecule has 0 atom stereocenters. The predicted molar refractivity (Wildman–Crippen MR) is 64.3 cm³/mol. The van der Waals surface area contributed by atoms with Crippen LogP contribution in [0.5, 0.6) is 0 Å². The van der Waals surface area contributed by atoms with E-state index in [0.717, 1.165) is 5.57 Å². The quantitative estimate of drug-likeness (QED) is 0.579. The van der Waals surface area contributed by atoms with Gasteiger partial charge < -0.3 is 9.90 Å². The lowest BCUT2D eigenvalue weighted by Gasteiger charge is -2.24. The highest BCUT2D eigenvalue weighted by Crippen LogP contribution is 2.31. The Morgan fingerprint density at radius 3 is 2.06 bits per heavy atom. The van der Waals surface area contributed by atoms with E-state index in [1.165, 1.54) is 0 Å². The molecule has 0 aromatic heterocycles. The van der Waals surface area contributed by atoms with Crippen LogP contribution in [-0.4, -0.2) is 17.4 Å². The maximum atomic E-state index is 11.1. The summed E-state index contributed by atoms with van der Waals surface area (Å²) in [5.74, 6) is -0.815. The molecule has 0 bridgehead atoms. The summed E-state index contributed by atoms with van der Waals surface area (Å²) in [5, 5.41) is 9.10. The predicted octanol–water partition coefficient (Wildman–Crippen LogP) is 3.05. The van der Waals surface area contributed by atoms with Gasteiger partial charge >= 0.3 is 5.97 Å². The molecule has 0 aliphatic carbocycles. The molecule has 0 aromatic rings. The lowest BCUT2D eigenvalue weighted by molar-refractivity contribution is -0.133. The first-order chi connectivity index (χ1) is 7.19. The smallest absolute Gasteiger partial charge is 0.331 e. The van der Waals surface area contributed by atoms with Gasteiger partial charge in [-0.3, -0.25) is 0 Å². The maximum absolute atomic E-state index is 11.1. The van der Waals surface area contributed by atoms with Crippen molar-refractivity contribution in [1.82, 2.24) is 0 Å². The molecular weight excluding hydrogens is 204 g/mol. The van der Waals surface area contributed by atoms with Crippen LogP contribution >= 0.6 is 0 Å².